The van der Waals surface area contributed by atoms with Gasteiger partial charge < -0.3 is 15.2 Å². The molecule has 0 saturated heterocycles. The Morgan fingerprint density at radius 1 is 1.40 bits per heavy atom. The molecule has 4 nitrogen and oxygen atoms in total. The van der Waals surface area contributed by atoms with Crippen molar-refractivity contribution in [2.45, 2.75) is 37.9 Å². The normalized spacial score (nSPS) is 17.2. The smallest absolute Gasteiger partial charge is 0.387 e. The van der Waals surface area contributed by atoms with Crippen molar-refractivity contribution in [1.29, 1.82) is 0 Å². The number of aliphatic hydroxyl groups is 1. The van der Waals surface area contributed by atoms with E-state index in [9.17, 15) is 18.7 Å². The Labute approximate surface area is 119 Å². The van der Waals surface area contributed by atoms with Gasteiger partial charge in [0.1, 0.15) is 11.4 Å². The van der Waals surface area contributed by atoms with Crippen LogP contribution in [0.1, 0.15) is 25.7 Å². The largest absolute Gasteiger partial charge is 0.433 e. The molecule has 1 aromatic rings. The number of alkyl halides is 2. The first-order valence-electron chi connectivity index (χ1n) is 6.19. The van der Waals surface area contributed by atoms with Gasteiger partial charge in [0.05, 0.1) is 5.02 Å². The molecule has 0 spiro atoms. The Balaban J connectivity index is 2.06. The zero-order valence-electron chi connectivity index (χ0n) is 10.5. The zero-order chi connectivity index (χ0) is 14.8. The Bertz CT molecular complexity index is 504. The summed E-state index contributed by atoms with van der Waals surface area (Å²) in [5.74, 6) is -0.673. The van der Waals surface area contributed by atoms with Crippen molar-refractivity contribution in [3.8, 4) is 5.75 Å². The maximum Gasteiger partial charge on any atom is 0.387 e. The summed E-state index contributed by atoms with van der Waals surface area (Å²) in [5, 5.41) is 12.6. The van der Waals surface area contributed by atoms with Crippen LogP contribution < -0.4 is 10.1 Å². The number of amides is 1. The summed E-state index contributed by atoms with van der Waals surface area (Å²) in [7, 11) is 0. The predicted octanol–water partition coefficient (Wildman–Crippen LogP) is 3.19. The van der Waals surface area contributed by atoms with Crippen LogP contribution in [0.5, 0.6) is 5.75 Å². The van der Waals surface area contributed by atoms with Gasteiger partial charge in [0.25, 0.3) is 5.91 Å². The molecule has 0 radical (unpaired) electrons. The number of hydrogen-bond donors (Lipinski definition) is 2. The molecule has 20 heavy (non-hydrogen) atoms. The number of rotatable bonds is 4. The summed E-state index contributed by atoms with van der Waals surface area (Å²) >= 11 is 5.78. The molecular formula is C13H14ClF2NO3. The first kappa shape index (κ1) is 15.0. The van der Waals surface area contributed by atoms with E-state index >= 15 is 0 Å². The van der Waals surface area contributed by atoms with E-state index in [1.807, 2.05) is 0 Å². The van der Waals surface area contributed by atoms with Crippen molar-refractivity contribution in [2.75, 3.05) is 5.32 Å². The minimum atomic E-state index is -2.97. The number of benzene rings is 1. The fraction of sp³-hybridized carbons (Fsp3) is 0.462. The molecule has 2 rings (SSSR count). The van der Waals surface area contributed by atoms with Gasteiger partial charge in [-0.15, -0.1) is 0 Å². The lowest BCUT2D eigenvalue weighted by Gasteiger charge is -2.21. The quantitative estimate of drug-likeness (QED) is 0.898. The van der Waals surface area contributed by atoms with Gasteiger partial charge in [0.15, 0.2) is 0 Å². The van der Waals surface area contributed by atoms with Gasteiger partial charge in [0, 0.05) is 5.69 Å². The Morgan fingerprint density at radius 2 is 2.05 bits per heavy atom. The van der Waals surface area contributed by atoms with E-state index in [1.54, 1.807) is 0 Å². The maximum atomic E-state index is 12.1. The van der Waals surface area contributed by atoms with Crippen LogP contribution in [0.4, 0.5) is 14.5 Å². The molecule has 2 N–H and O–H groups in total. The summed E-state index contributed by atoms with van der Waals surface area (Å²) in [4.78, 5) is 12.0. The molecule has 7 heteroatoms. The lowest BCUT2D eigenvalue weighted by Crippen LogP contribution is -2.40. The number of nitrogens with one attached hydrogen (secondary N) is 1. The Kier molecular flexibility index (Phi) is 4.45. The van der Waals surface area contributed by atoms with Crippen molar-refractivity contribution < 1.29 is 23.4 Å². The highest BCUT2D eigenvalue weighted by molar-refractivity contribution is 6.32. The average molecular weight is 306 g/mol. The number of anilines is 1. The third kappa shape index (κ3) is 3.37. The van der Waals surface area contributed by atoms with E-state index in [0.717, 1.165) is 12.8 Å². The number of hydrogen-bond acceptors (Lipinski definition) is 3. The number of carbonyl (C=O) groups excluding carboxylic acids is 1. The van der Waals surface area contributed by atoms with Crippen LogP contribution in [0.3, 0.4) is 0 Å². The van der Waals surface area contributed by atoms with Crippen LogP contribution in [0.15, 0.2) is 18.2 Å². The lowest BCUT2D eigenvalue weighted by atomic mass is 10.0. The zero-order valence-corrected chi connectivity index (χ0v) is 11.3. The number of ether oxygens (including phenoxy) is 1. The van der Waals surface area contributed by atoms with Crippen LogP contribution in [0.25, 0.3) is 0 Å². The number of carbonyl (C=O) groups is 1. The second-order valence-corrected chi connectivity index (χ2v) is 5.12. The van der Waals surface area contributed by atoms with Crippen LogP contribution >= 0.6 is 11.6 Å². The molecule has 1 fully saturated rings. The van der Waals surface area contributed by atoms with E-state index < -0.39 is 18.1 Å². The van der Waals surface area contributed by atoms with E-state index in [4.69, 9.17) is 11.6 Å². The van der Waals surface area contributed by atoms with E-state index in [0.29, 0.717) is 18.5 Å². The molecule has 0 bridgehead atoms. The lowest BCUT2D eigenvalue weighted by molar-refractivity contribution is -0.133. The highest BCUT2D eigenvalue weighted by atomic mass is 35.5. The monoisotopic (exact) mass is 305 g/mol. The fourth-order valence-corrected chi connectivity index (χ4v) is 2.43. The van der Waals surface area contributed by atoms with Crippen molar-refractivity contribution in [1.82, 2.24) is 0 Å². The summed E-state index contributed by atoms with van der Waals surface area (Å²) in [6, 6.07) is 3.93. The molecule has 0 aromatic heterocycles. The molecule has 1 aliphatic rings. The summed E-state index contributed by atoms with van der Waals surface area (Å²) < 4.78 is 28.4. The van der Waals surface area contributed by atoms with Gasteiger partial charge in [-0.25, -0.2) is 0 Å². The van der Waals surface area contributed by atoms with E-state index in [2.05, 4.69) is 10.1 Å². The first-order valence-corrected chi connectivity index (χ1v) is 6.57. The summed E-state index contributed by atoms with van der Waals surface area (Å²) in [5.41, 5.74) is -1.04. The minimum absolute atomic E-state index is 0.0403. The van der Waals surface area contributed by atoms with Gasteiger partial charge in [-0.05, 0) is 43.9 Å². The van der Waals surface area contributed by atoms with Gasteiger partial charge in [-0.1, -0.05) is 11.6 Å². The van der Waals surface area contributed by atoms with Crippen molar-refractivity contribution in [3.05, 3.63) is 23.2 Å². The molecule has 110 valence electrons. The van der Waals surface area contributed by atoms with E-state index in [-0.39, 0.29) is 10.8 Å². The number of halogens is 3. The molecule has 0 atom stereocenters. The standard InChI is InChI=1S/C13H14ClF2NO3/c14-9-7-8(3-4-10(9)20-12(15)16)17-11(18)13(19)5-1-2-6-13/h3-4,7,12,19H,1-2,5-6H2,(H,17,18). The van der Waals surface area contributed by atoms with Crippen molar-refractivity contribution in [3.63, 3.8) is 0 Å². The van der Waals surface area contributed by atoms with Crippen molar-refractivity contribution in [2.24, 2.45) is 0 Å². The Morgan fingerprint density at radius 3 is 2.60 bits per heavy atom. The Hall–Kier alpha value is -1.40. The summed E-state index contributed by atoms with van der Waals surface area (Å²) in [6.07, 6.45) is 2.43. The van der Waals surface area contributed by atoms with Crippen molar-refractivity contribution >= 4 is 23.2 Å². The maximum absolute atomic E-state index is 12.1. The average Bonchev–Trinajstić information content (AvgIpc) is 2.81. The molecule has 1 saturated carbocycles. The van der Waals surface area contributed by atoms with Gasteiger partial charge >= 0.3 is 6.61 Å². The fourth-order valence-electron chi connectivity index (χ4n) is 2.20. The molecule has 1 amide bonds. The highest BCUT2D eigenvalue weighted by Crippen LogP contribution is 2.32. The molecule has 0 heterocycles. The van der Waals surface area contributed by atoms with Crippen LogP contribution in [-0.2, 0) is 4.79 Å². The van der Waals surface area contributed by atoms with Crippen LogP contribution in [0, 0.1) is 0 Å². The van der Waals surface area contributed by atoms with E-state index in [1.165, 1.54) is 18.2 Å². The second-order valence-electron chi connectivity index (χ2n) is 4.72. The van der Waals surface area contributed by atoms with Crippen LogP contribution in [0.2, 0.25) is 5.02 Å². The molecular weight excluding hydrogens is 292 g/mol. The molecule has 0 aliphatic heterocycles. The molecule has 0 unspecified atom stereocenters. The minimum Gasteiger partial charge on any atom is -0.433 e. The predicted molar refractivity (Wildman–Crippen MR) is 70.1 cm³/mol. The second kappa shape index (κ2) is 5.93. The first-order chi connectivity index (χ1) is 9.40. The topological polar surface area (TPSA) is 58.6 Å². The molecule has 1 aliphatic carbocycles. The molecule has 1 aromatic carbocycles. The van der Waals surface area contributed by atoms with Crippen LogP contribution in [-0.4, -0.2) is 23.2 Å². The summed E-state index contributed by atoms with van der Waals surface area (Å²) in [6.45, 7) is -2.97. The highest BCUT2D eigenvalue weighted by Gasteiger charge is 2.38. The van der Waals surface area contributed by atoms with Gasteiger partial charge in [0.2, 0.25) is 0 Å². The van der Waals surface area contributed by atoms with Gasteiger partial charge in [-0.3, -0.25) is 4.79 Å². The third-order valence-corrected chi connectivity index (χ3v) is 3.55. The third-order valence-electron chi connectivity index (χ3n) is 3.26. The van der Waals surface area contributed by atoms with Gasteiger partial charge in [-0.2, -0.15) is 8.78 Å². The SMILES string of the molecule is O=C(Nc1ccc(OC(F)F)c(Cl)c1)C1(O)CCCC1.